The molecule has 2 rings (SSSR count). The summed E-state index contributed by atoms with van der Waals surface area (Å²) in [5.74, 6) is -0.195. The summed E-state index contributed by atoms with van der Waals surface area (Å²) in [6.45, 7) is 8.41. The van der Waals surface area contributed by atoms with Gasteiger partial charge in [0.15, 0.2) is 0 Å². The fraction of sp³-hybridized carbons (Fsp3) is 0.647. The summed E-state index contributed by atoms with van der Waals surface area (Å²) in [6, 6.07) is 2.24. The number of carbonyl (C=O) groups is 2. The summed E-state index contributed by atoms with van der Waals surface area (Å²) in [5, 5.41) is 5.32. The van der Waals surface area contributed by atoms with Crippen LogP contribution in [0.25, 0.3) is 0 Å². The molecule has 1 aliphatic heterocycles. The summed E-state index contributed by atoms with van der Waals surface area (Å²) < 4.78 is 27.1. The molecule has 0 aliphatic carbocycles. The molecule has 1 aromatic heterocycles. The van der Waals surface area contributed by atoms with Crippen molar-refractivity contribution in [2.45, 2.75) is 56.8 Å². The lowest BCUT2D eigenvalue weighted by atomic mass is 10.0. The quantitative estimate of drug-likeness (QED) is 0.760. The van der Waals surface area contributed by atoms with E-state index in [1.54, 1.807) is 6.92 Å². The fourth-order valence-corrected chi connectivity index (χ4v) is 5.51. The van der Waals surface area contributed by atoms with Crippen LogP contribution in [0.2, 0.25) is 0 Å². The summed E-state index contributed by atoms with van der Waals surface area (Å²) in [7, 11) is -3.57. The van der Waals surface area contributed by atoms with Crippen molar-refractivity contribution in [1.29, 1.82) is 0 Å². The van der Waals surface area contributed by atoms with Crippen LogP contribution in [0.1, 0.15) is 50.2 Å². The average molecular weight is 402 g/mol. The van der Waals surface area contributed by atoms with Crippen LogP contribution in [0.15, 0.2) is 16.3 Å². The van der Waals surface area contributed by atoms with Crippen molar-refractivity contribution in [2.24, 2.45) is 5.92 Å². The molecule has 0 saturated carbocycles. The molecule has 146 valence electrons. The van der Waals surface area contributed by atoms with Crippen molar-refractivity contribution < 1.29 is 18.0 Å². The Kier molecular flexibility index (Phi) is 6.81. The number of sulfonamides is 1. The highest BCUT2D eigenvalue weighted by molar-refractivity contribution is 7.91. The molecule has 1 atom stereocenters. The lowest BCUT2D eigenvalue weighted by Crippen LogP contribution is -2.46. The van der Waals surface area contributed by atoms with E-state index in [1.165, 1.54) is 16.4 Å². The number of nitrogens with one attached hydrogen (secondary N) is 2. The number of rotatable bonds is 6. The molecule has 0 spiro atoms. The number of nitrogens with zero attached hydrogens (tertiary/aromatic N) is 1. The predicted octanol–water partition coefficient (Wildman–Crippen LogP) is 1.81. The minimum absolute atomic E-state index is 0.0207. The van der Waals surface area contributed by atoms with E-state index in [4.69, 9.17) is 0 Å². The number of hydrogen-bond acceptors (Lipinski definition) is 5. The van der Waals surface area contributed by atoms with Gasteiger partial charge in [-0.15, -0.1) is 11.3 Å². The number of hydrogen-bond donors (Lipinski definition) is 2. The van der Waals surface area contributed by atoms with E-state index in [9.17, 15) is 18.0 Å². The fourth-order valence-electron chi connectivity index (χ4n) is 2.68. The van der Waals surface area contributed by atoms with Gasteiger partial charge >= 0.3 is 0 Å². The van der Waals surface area contributed by atoms with Crippen molar-refractivity contribution >= 4 is 33.2 Å². The van der Waals surface area contributed by atoms with Crippen molar-refractivity contribution in [3.05, 3.63) is 17.0 Å². The van der Waals surface area contributed by atoms with Crippen LogP contribution in [0.5, 0.6) is 0 Å². The zero-order chi connectivity index (χ0) is 19.5. The Labute approximate surface area is 159 Å². The second kappa shape index (κ2) is 8.49. The van der Waals surface area contributed by atoms with Crippen LogP contribution in [-0.2, 0) is 14.8 Å². The lowest BCUT2D eigenvalue weighted by molar-refractivity contribution is -0.123. The molecule has 1 aromatic rings. The Morgan fingerprint density at radius 1 is 1.15 bits per heavy atom. The maximum absolute atomic E-state index is 12.7. The number of thiophene rings is 1. The first-order valence-corrected chi connectivity index (χ1v) is 11.1. The lowest BCUT2D eigenvalue weighted by Gasteiger charge is -2.28. The highest BCUT2D eigenvalue weighted by Gasteiger charge is 2.30. The molecule has 0 radical (unpaired) electrons. The van der Waals surface area contributed by atoms with E-state index >= 15 is 0 Å². The maximum atomic E-state index is 12.7. The Hall–Kier alpha value is -1.45. The molecule has 1 unspecified atom stereocenters. The van der Waals surface area contributed by atoms with Gasteiger partial charge < -0.3 is 10.6 Å². The first-order chi connectivity index (χ1) is 12.1. The van der Waals surface area contributed by atoms with Crippen molar-refractivity contribution in [2.75, 3.05) is 13.1 Å². The molecular weight excluding hydrogens is 374 g/mol. The maximum Gasteiger partial charge on any atom is 0.262 e. The van der Waals surface area contributed by atoms with Crippen LogP contribution in [0, 0.1) is 5.92 Å². The van der Waals surface area contributed by atoms with E-state index in [1.807, 2.05) is 13.8 Å². The Bertz CT molecular complexity index is 750. The van der Waals surface area contributed by atoms with Crippen LogP contribution < -0.4 is 10.6 Å². The molecule has 1 saturated heterocycles. The highest BCUT2D eigenvalue weighted by Crippen LogP contribution is 2.28. The predicted molar refractivity (Wildman–Crippen MR) is 102 cm³/mol. The van der Waals surface area contributed by atoms with Crippen molar-refractivity contribution in [3.63, 3.8) is 0 Å². The van der Waals surface area contributed by atoms with Gasteiger partial charge in [-0.25, -0.2) is 8.42 Å². The molecule has 26 heavy (non-hydrogen) atoms. The van der Waals surface area contributed by atoms with Crippen LogP contribution in [0.3, 0.4) is 0 Å². The van der Waals surface area contributed by atoms with Gasteiger partial charge in [0.25, 0.3) is 15.9 Å². The Morgan fingerprint density at radius 3 is 2.35 bits per heavy atom. The minimum Gasteiger partial charge on any atom is -0.352 e. The van der Waals surface area contributed by atoms with Crippen LogP contribution >= 0.6 is 11.3 Å². The van der Waals surface area contributed by atoms with Crippen LogP contribution in [-0.4, -0.2) is 49.7 Å². The third kappa shape index (κ3) is 5.05. The SMILES string of the molecule is CC1CCN(S(=O)(=O)c2ccc(C(=O)NC(C)C(=O)NC(C)C)s2)CC1. The molecule has 9 heteroatoms. The van der Waals surface area contributed by atoms with E-state index in [0.717, 1.165) is 24.2 Å². The van der Waals surface area contributed by atoms with E-state index < -0.39 is 22.0 Å². The standard InChI is InChI=1S/C17H27N3O4S2/c1-11(2)18-16(21)13(4)19-17(22)14-5-6-15(25-14)26(23,24)20-9-7-12(3)8-10-20/h5-6,11-13H,7-10H2,1-4H3,(H,18,21)(H,19,22). The third-order valence-corrected chi connectivity index (χ3v) is 7.76. The van der Waals surface area contributed by atoms with E-state index in [0.29, 0.717) is 19.0 Å². The normalized spacial score (nSPS) is 17.9. The Balaban J connectivity index is 2.04. The summed E-state index contributed by atoms with van der Waals surface area (Å²) in [4.78, 5) is 24.5. The summed E-state index contributed by atoms with van der Waals surface area (Å²) in [6.07, 6.45) is 1.70. The zero-order valence-electron chi connectivity index (χ0n) is 15.6. The number of piperidine rings is 1. The smallest absolute Gasteiger partial charge is 0.262 e. The number of carbonyl (C=O) groups excluding carboxylic acids is 2. The van der Waals surface area contributed by atoms with Crippen molar-refractivity contribution in [1.82, 2.24) is 14.9 Å². The van der Waals surface area contributed by atoms with Crippen molar-refractivity contribution in [3.8, 4) is 0 Å². The largest absolute Gasteiger partial charge is 0.352 e. The second-order valence-corrected chi connectivity index (χ2v) is 10.3. The monoisotopic (exact) mass is 401 g/mol. The molecule has 2 N–H and O–H groups in total. The first kappa shape index (κ1) is 20.9. The second-order valence-electron chi connectivity index (χ2n) is 7.06. The topological polar surface area (TPSA) is 95.6 Å². The van der Waals surface area contributed by atoms with Gasteiger partial charge in [-0.05, 0) is 51.7 Å². The Morgan fingerprint density at radius 2 is 1.77 bits per heavy atom. The average Bonchev–Trinajstić information content (AvgIpc) is 3.05. The van der Waals surface area contributed by atoms with Gasteiger partial charge in [0, 0.05) is 19.1 Å². The molecule has 2 amide bonds. The van der Waals surface area contributed by atoms with E-state index in [-0.39, 0.29) is 21.0 Å². The molecule has 0 aromatic carbocycles. The number of amides is 2. The van der Waals surface area contributed by atoms with Gasteiger partial charge in [-0.2, -0.15) is 4.31 Å². The van der Waals surface area contributed by atoms with Gasteiger partial charge in [0.1, 0.15) is 10.3 Å². The molecule has 1 aliphatic rings. The van der Waals surface area contributed by atoms with E-state index in [2.05, 4.69) is 17.6 Å². The zero-order valence-corrected chi connectivity index (χ0v) is 17.2. The molecule has 2 heterocycles. The summed E-state index contributed by atoms with van der Waals surface area (Å²) >= 11 is 0.937. The first-order valence-electron chi connectivity index (χ1n) is 8.82. The molecule has 1 fully saturated rings. The van der Waals surface area contributed by atoms with Crippen LogP contribution in [0.4, 0.5) is 0 Å². The third-order valence-electron chi connectivity index (χ3n) is 4.31. The molecule has 0 bridgehead atoms. The highest BCUT2D eigenvalue weighted by atomic mass is 32.2. The van der Waals surface area contributed by atoms with Gasteiger partial charge in [0.05, 0.1) is 4.88 Å². The van der Waals surface area contributed by atoms with Gasteiger partial charge in [-0.3, -0.25) is 9.59 Å². The van der Waals surface area contributed by atoms with Gasteiger partial charge in [0.2, 0.25) is 5.91 Å². The minimum atomic E-state index is -3.57. The van der Waals surface area contributed by atoms with Gasteiger partial charge in [-0.1, -0.05) is 6.92 Å². The summed E-state index contributed by atoms with van der Waals surface area (Å²) in [5.41, 5.74) is 0. The molecule has 7 nitrogen and oxygen atoms in total. The molecular formula is C17H27N3O4S2.